The Balaban J connectivity index is 2.13. The highest BCUT2D eigenvalue weighted by Crippen LogP contribution is 2.30. The van der Waals surface area contributed by atoms with E-state index in [2.05, 4.69) is 10.3 Å². The SMILES string of the molecule is COc1cc(Cl)c(C)cc1NC(=O)Cc1ccncc1. The Morgan fingerprint density at radius 2 is 2.05 bits per heavy atom. The smallest absolute Gasteiger partial charge is 0.228 e. The van der Waals surface area contributed by atoms with Gasteiger partial charge in [0.15, 0.2) is 0 Å². The van der Waals surface area contributed by atoms with Crippen molar-refractivity contribution < 1.29 is 9.53 Å². The minimum Gasteiger partial charge on any atom is -0.495 e. The summed E-state index contributed by atoms with van der Waals surface area (Å²) in [6.45, 7) is 1.88. The van der Waals surface area contributed by atoms with E-state index in [-0.39, 0.29) is 12.3 Å². The molecular formula is C15H15ClN2O2. The van der Waals surface area contributed by atoms with Gasteiger partial charge in [0.25, 0.3) is 0 Å². The van der Waals surface area contributed by atoms with Gasteiger partial charge in [0.1, 0.15) is 5.75 Å². The zero-order valence-electron chi connectivity index (χ0n) is 11.3. The number of anilines is 1. The van der Waals surface area contributed by atoms with Crippen LogP contribution in [-0.2, 0) is 11.2 Å². The predicted octanol–water partition coefficient (Wildman–Crippen LogP) is 3.23. The van der Waals surface area contributed by atoms with Crippen LogP contribution in [0.1, 0.15) is 11.1 Å². The van der Waals surface area contributed by atoms with Gasteiger partial charge in [-0.2, -0.15) is 0 Å². The number of amides is 1. The van der Waals surface area contributed by atoms with E-state index in [1.54, 1.807) is 31.6 Å². The number of ether oxygens (including phenoxy) is 1. The average molecular weight is 291 g/mol. The molecule has 5 heteroatoms. The normalized spacial score (nSPS) is 10.2. The van der Waals surface area contributed by atoms with Crippen molar-refractivity contribution in [2.24, 2.45) is 0 Å². The van der Waals surface area contributed by atoms with Gasteiger partial charge in [-0.1, -0.05) is 11.6 Å². The number of halogens is 1. The summed E-state index contributed by atoms with van der Waals surface area (Å²) in [4.78, 5) is 15.9. The molecular weight excluding hydrogens is 276 g/mol. The number of hydrogen-bond donors (Lipinski definition) is 1. The molecule has 0 saturated heterocycles. The van der Waals surface area contributed by atoms with Gasteiger partial charge in [0.2, 0.25) is 5.91 Å². The summed E-state index contributed by atoms with van der Waals surface area (Å²) in [5.74, 6) is 0.430. The molecule has 104 valence electrons. The number of aromatic nitrogens is 1. The molecule has 2 aromatic rings. The maximum atomic E-state index is 12.0. The molecule has 1 amide bonds. The first kappa shape index (κ1) is 14.3. The monoisotopic (exact) mass is 290 g/mol. The fourth-order valence-corrected chi connectivity index (χ4v) is 1.96. The van der Waals surface area contributed by atoms with Gasteiger partial charge in [-0.05, 0) is 36.2 Å². The third-order valence-corrected chi connectivity index (χ3v) is 3.28. The van der Waals surface area contributed by atoms with Gasteiger partial charge in [-0.15, -0.1) is 0 Å². The third-order valence-electron chi connectivity index (χ3n) is 2.87. The lowest BCUT2D eigenvalue weighted by Crippen LogP contribution is -2.15. The molecule has 0 fully saturated rings. The van der Waals surface area contributed by atoms with Crippen molar-refractivity contribution in [2.45, 2.75) is 13.3 Å². The summed E-state index contributed by atoms with van der Waals surface area (Å²) in [7, 11) is 1.54. The molecule has 0 saturated carbocycles. The van der Waals surface area contributed by atoms with Gasteiger partial charge >= 0.3 is 0 Å². The fraction of sp³-hybridized carbons (Fsp3) is 0.200. The first-order chi connectivity index (χ1) is 9.60. The Bertz CT molecular complexity index is 615. The molecule has 1 aromatic carbocycles. The molecule has 0 unspecified atom stereocenters. The lowest BCUT2D eigenvalue weighted by molar-refractivity contribution is -0.115. The number of nitrogens with zero attached hydrogens (tertiary/aromatic N) is 1. The number of pyridine rings is 1. The number of rotatable bonds is 4. The zero-order chi connectivity index (χ0) is 14.5. The predicted molar refractivity (Wildman–Crippen MR) is 79.3 cm³/mol. The maximum absolute atomic E-state index is 12.0. The van der Waals surface area contributed by atoms with E-state index in [0.717, 1.165) is 11.1 Å². The largest absolute Gasteiger partial charge is 0.495 e. The Labute approximate surface area is 122 Å². The van der Waals surface area contributed by atoms with Crippen LogP contribution in [0.25, 0.3) is 0 Å². The Morgan fingerprint density at radius 1 is 1.35 bits per heavy atom. The third kappa shape index (κ3) is 3.48. The molecule has 1 heterocycles. The van der Waals surface area contributed by atoms with Crippen molar-refractivity contribution in [1.82, 2.24) is 4.98 Å². The maximum Gasteiger partial charge on any atom is 0.228 e. The van der Waals surface area contributed by atoms with Gasteiger partial charge in [-0.25, -0.2) is 0 Å². The minimum atomic E-state index is -0.115. The first-order valence-corrected chi connectivity index (χ1v) is 6.51. The van der Waals surface area contributed by atoms with Crippen LogP contribution < -0.4 is 10.1 Å². The summed E-state index contributed by atoms with van der Waals surface area (Å²) < 4.78 is 5.22. The van der Waals surface area contributed by atoms with Crippen LogP contribution in [0.5, 0.6) is 5.75 Å². The van der Waals surface area contributed by atoms with Crippen molar-refractivity contribution in [3.05, 3.63) is 52.8 Å². The molecule has 0 bridgehead atoms. The van der Waals surface area contributed by atoms with Crippen molar-refractivity contribution in [3.63, 3.8) is 0 Å². The molecule has 0 radical (unpaired) electrons. The summed E-state index contributed by atoms with van der Waals surface area (Å²) in [5.41, 5.74) is 2.40. The number of nitrogens with one attached hydrogen (secondary N) is 1. The van der Waals surface area contributed by atoms with E-state index < -0.39 is 0 Å². The van der Waals surface area contributed by atoms with E-state index in [0.29, 0.717) is 16.5 Å². The molecule has 0 aliphatic heterocycles. The lowest BCUT2D eigenvalue weighted by Gasteiger charge is -2.12. The van der Waals surface area contributed by atoms with E-state index >= 15 is 0 Å². The summed E-state index contributed by atoms with van der Waals surface area (Å²) >= 11 is 6.03. The number of hydrogen-bond acceptors (Lipinski definition) is 3. The number of carbonyl (C=O) groups excluding carboxylic acids is 1. The van der Waals surface area contributed by atoms with Crippen LogP contribution in [0.4, 0.5) is 5.69 Å². The first-order valence-electron chi connectivity index (χ1n) is 6.13. The minimum absolute atomic E-state index is 0.115. The molecule has 0 aliphatic carbocycles. The second-order valence-electron chi connectivity index (χ2n) is 4.38. The van der Waals surface area contributed by atoms with Gasteiger partial charge in [0, 0.05) is 23.5 Å². The fourth-order valence-electron chi connectivity index (χ4n) is 1.81. The topological polar surface area (TPSA) is 51.2 Å². The lowest BCUT2D eigenvalue weighted by atomic mass is 10.1. The van der Waals surface area contributed by atoms with Gasteiger partial charge in [-0.3, -0.25) is 9.78 Å². The molecule has 0 aliphatic rings. The molecule has 0 atom stereocenters. The summed E-state index contributed by atoms with van der Waals surface area (Å²) in [5, 5.41) is 3.44. The van der Waals surface area contributed by atoms with Gasteiger partial charge < -0.3 is 10.1 Å². The standard InChI is InChI=1S/C15H15ClN2O2/c1-10-7-13(14(20-2)9-12(10)16)18-15(19)8-11-3-5-17-6-4-11/h3-7,9H,8H2,1-2H3,(H,18,19). The van der Waals surface area contributed by atoms with Crippen LogP contribution in [0.2, 0.25) is 5.02 Å². The van der Waals surface area contributed by atoms with E-state index in [9.17, 15) is 4.79 Å². The number of methoxy groups -OCH3 is 1. The highest BCUT2D eigenvalue weighted by molar-refractivity contribution is 6.31. The summed E-state index contributed by atoms with van der Waals surface area (Å²) in [6, 6.07) is 7.11. The van der Waals surface area contributed by atoms with Crippen molar-refractivity contribution in [1.29, 1.82) is 0 Å². The molecule has 2 rings (SSSR count). The zero-order valence-corrected chi connectivity index (χ0v) is 12.1. The summed E-state index contributed by atoms with van der Waals surface area (Å²) in [6.07, 6.45) is 3.61. The Kier molecular flexibility index (Phi) is 4.58. The van der Waals surface area contributed by atoms with Crippen LogP contribution in [-0.4, -0.2) is 18.0 Å². The van der Waals surface area contributed by atoms with Gasteiger partial charge in [0.05, 0.1) is 19.2 Å². The highest BCUT2D eigenvalue weighted by atomic mass is 35.5. The highest BCUT2D eigenvalue weighted by Gasteiger charge is 2.10. The second-order valence-corrected chi connectivity index (χ2v) is 4.79. The van der Waals surface area contributed by atoms with E-state index in [1.165, 1.54) is 0 Å². The van der Waals surface area contributed by atoms with E-state index in [1.807, 2.05) is 19.1 Å². The number of aryl methyl sites for hydroxylation is 1. The van der Waals surface area contributed by atoms with Crippen molar-refractivity contribution in [3.8, 4) is 5.75 Å². The molecule has 4 nitrogen and oxygen atoms in total. The van der Waals surface area contributed by atoms with Crippen LogP contribution in [0, 0.1) is 6.92 Å². The molecule has 0 spiro atoms. The Hall–Kier alpha value is -2.07. The molecule has 1 N–H and O–H groups in total. The van der Waals surface area contributed by atoms with E-state index in [4.69, 9.17) is 16.3 Å². The van der Waals surface area contributed by atoms with Crippen molar-refractivity contribution in [2.75, 3.05) is 12.4 Å². The average Bonchev–Trinajstić information content (AvgIpc) is 2.43. The van der Waals surface area contributed by atoms with Crippen LogP contribution in [0.3, 0.4) is 0 Å². The second kappa shape index (κ2) is 6.39. The van der Waals surface area contributed by atoms with Crippen LogP contribution in [0.15, 0.2) is 36.7 Å². The number of carbonyl (C=O) groups is 1. The molecule has 20 heavy (non-hydrogen) atoms. The Morgan fingerprint density at radius 3 is 2.70 bits per heavy atom. The van der Waals surface area contributed by atoms with Crippen LogP contribution >= 0.6 is 11.6 Å². The quantitative estimate of drug-likeness (QED) is 0.940. The number of benzene rings is 1. The molecule has 1 aromatic heterocycles. The van der Waals surface area contributed by atoms with Crippen molar-refractivity contribution >= 4 is 23.2 Å².